The van der Waals surface area contributed by atoms with Crippen molar-refractivity contribution in [3.63, 3.8) is 0 Å². The third-order valence-electron chi connectivity index (χ3n) is 4.30. The Morgan fingerprint density at radius 2 is 1.00 bits per heavy atom. The average Bonchev–Trinajstić information content (AvgIpc) is 3.32. The molecule has 0 unspecified atom stereocenters. The summed E-state index contributed by atoms with van der Waals surface area (Å²) in [5.74, 6) is 0. The highest BCUT2D eigenvalue weighted by atomic mass is 32.2. The molecule has 0 N–H and O–H groups in total. The van der Waals surface area contributed by atoms with Crippen LogP contribution in [0, 0.1) is 0 Å². The Morgan fingerprint density at radius 3 is 1.40 bits per heavy atom. The van der Waals surface area contributed by atoms with Crippen LogP contribution < -0.4 is 0 Å². The largest absolute Gasteiger partial charge is 0.218 e. The zero-order valence-corrected chi connectivity index (χ0v) is 15.4. The van der Waals surface area contributed by atoms with Crippen molar-refractivity contribution in [1.29, 1.82) is 0 Å². The number of rotatable bonds is 2. The van der Waals surface area contributed by atoms with Crippen molar-refractivity contribution in [2.24, 2.45) is 0 Å². The highest BCUT2D eigenvalue weighted by Crippen LogP contribution is 2.54. The van der Waals surface area contributed by atoms with Crippen LogP contribution in [0.2, 0.25) is 0 Å². The van der Waals surface area contributed by atoms with E-state index in [0.717, 1.165) is 30.6 Å². The molecule has 1 aliphatic heterocycles. The number of benzene rings is 2. The molecule has 0 fully saturated rings. The van der Waals surface area contributed by atoms with E-state index in [4.69, 9.17) is 0 Å². The molecule has 5 heteroatoms. The minimum atomic E-state index is -3.42. The molecule has 5 rings (SSSR count). The fraction of sp³-hybridized carbons (Fsp3) is 0. The van der Waals surface area contributed by atoms with Crippen molar-refractivity contribution < 1.29 is 8.42 Å². The molecule has 2 aromatic carbocycles. The second-order valence-electron chi connectivity index (χ2n) is 5.84. The summed E-state index contributed by atoms with van der Waals surface area (Å²) in [5.41, 5.74) is 2.11. The lowest BCUT2D eigenvalue weighted by Crippen LogP contribution is -1.94. The van der Waals surface area contributed by atoms with Gasteiger partial charge in [0.15, 0.2) is 0 Å². The molecule has 0 saturated heterocycles. The maximum Gasteiger partial charge on any atom is 0.209 e. The second-order valence-corrected chi connectivity index (χ2v) is 9.83. The molecule has 1 aliphatic rings. The van der Waals surface area contributed by atoms with E-state index in [2.05, 4.69) is 0 Å². The van der Waals surface area contributed by atoms with Gasteiger partial charge in [0.2, 0.25) is 9.84 Å². The Bertz CT molecular complexity index is 1090. The first-order valence-corrected chi connectivity index (χ1v) is 10.9. The normalized spacial score (nSPS) is 14.2. The molecule has 2 nitrogen and oxygen atoms in total. The number of fused-ring (bicyclic) bond motifs is 3. The SMILES string of the molecule is O=S1(=O)c2cc(-c3ccccc3)sc2-c2sc(-c3ccccc3)cc21. The minimum Gasteiger partial charge on any atom is -0.218 e. The smallest absolute Gasteiger partial charge is 0.209 e. The lowest BCUT2D eigenvalue weighted by Gasteiger charge is -1.97. The fourth-order valence-corrected chi connectivity index (χ4v) is 8.01. The Morgan fingerprint density at radius 1 is 0.600 bits per heavy atom. The number of hydrogen-bond donors (Lipinski definition) is 0. The van der Waals surface area contributed by atoms with Crippen LogP contribution in [-0.2, 0) is 9.84 Å². The highest BCUT2D eigenvalue weighted by molar-refractivity contribution is 7.92. The molecule has 2 aromatic heterocycles. The van der Waals surface area contributed by atoms with Crippen LogP contribution >= 0.6 is 22.7 Å². The Balaban J connectivity index is 1.70. The molecular formula is C20H12O2S3. The molecule has 0 amide bonds. The summed E-state index contributed by atoms with van der Waals surface area (Å²) in [6, 6.07) is 23.5. The summed E-state index contributed by atoms with van der Waals surface area (Å²) in [7, 11) is -3.42. The number of hydrogen-bond acceptors (Lipinski definition) is 4. The molecule has 0 aliphatic carbocycles. The van der Waals surface area contributed by atoms with Gasteiger partial charge in [-0.25, -0.2) is 8.42 Å². The molecule has 122 valence electrons. The van der Waals surface area contributed by atoms with E-state index in [0.29, 0.717) is 9.79 Å². The van der Waals surface area contributed by atoms with Crippen LogP contribution in [-0.4, -0.2) is 8.42 Å². The summed E-state index contributed by atoms with van der Waals surface area (Å²) in [6.45, 7) is 0. The topological polar surface area (TPSA) is 34.1 Å². The molecular weight excluding hydrogens is 368 g/mol. The minimum absolute atomic E-state index is 0.456. The zero-order chi connectivity index (χ0) is 17.0. The molecule has 0 spiro atoms. The quantitative estimate of drug-likeness (QED) is 0.379. The van der Waals surface area contributed by atoms with Crippen LogP contribution in [0.25, 0.3) is 30.6 Å². The summed E-state index contributed by atoms with van der Waals surface area (Å²) >= 11 is 3.12. The van der Waals surface area contributed by atoms with Crippen molar-refractivity contribution in [3.05, 3.63) is 72.8 Å². The van der Waals surface area contributed by atoms with Gasteiger partial charge in [0, 0.05) is 9.75 Å². The summed E-state index contributed by atoms with van der Waals surface area (Å²) < 4.78 is 26.0. The van der Waals surface area contributed by atoms with Gasteiger partial charge in [-0.2, -0.15) is 0 Å². The van der Waals surface area contributed by atoms with Gasteiger partial charge in [-0.3, -0.25) is 0 Å². The van der Waals surface area contributed by atoms with Crippen LogP contribution in [0.15, 0.2) is 82.6 Å². The van der Waals surface area contributed by atoms with Crippen LogP contribution in [0.4, 0.5) is 0 Å². The molecule has 25 heavy (non-hydrogen) atoms. The Hall–Kier alpha value is -2.21. The fourth-order valence-electron chi connectivity index (χ4n) is 3.07. The number of thiophene rings is 2. The van der Waals surface area contributed by atoms with E-state index < -0.39 is 9.84 Å². The Kier molecular flexibility index (Phi) is 3.25. The average molecular weight is 381 g/mol. The zero-order valence-electron chi connectivity index (χ0n) is 13.0. The van der Waals surface area contributed by atoms with Crippen LogP contribution in [0.1, 0.15) is 0 Å². The predicted octanol–water partition coefficient (Wildman–Crippen LogP) is 5.96. The molecule has 0 saturated carbocycles. The van der Waals surface area contributed by atoms with Crippen molar-refractivity contribution in [1.82, 2.24) is 0 Å². The third-order valence-corrected chi connectivity index (χ3v) is 8.89. The maximum absolute atomic E-state index is 13.0. The molecule has 4 aromatic rings. The Labute approximate surface area is 154 Å². The van der Waals surface area contributed by atoms with Gasteiger partial charge in [0.05, 0.1) is 19.5 Å². The van der Waals surface area contributed by atoms with Gasteiger partial charge in [0.1, 0.15) is 0 Å². The van der Waals surface area contributed by atoms with E-state index in [1.807, 2.05) is 72.8 Å². The molecule has 3 heterocycles. The lowest BCUT2D eigenvalue weighted by molar-refractivity contribution is 0.599. The summed E-state index contributed by atoms with van der Waals surface area (Å²) in [4.78, 5) is 4.65. The van der Waals surface area contributed by atoms with Gasteiger partial charge in [-0.05, 0) is 23.3 Å². The number of sulfone groups is 1. The first-order valence-electron chi connectivity index (χ1n) is 7.78. The standard InChI is InChI=1S/C20H12O2S3/c21-25(22)17-11-15(13-7-3-1-4-8-13)23-19(17)20-18(25)12-16(24-20)14-9-5-2-6-10-14/h1-12H. The van der Waals surface area contributed by atoms with Crippen molar-refractivity contribution in [2.45, 2.75) is 9.79 Å². The first kappa shape index (κ1) is 15.1. The van der Waals surface area contributed by atoms with Crippen LogP contribution in [0.5, 0.6) is 0 Å². The van der Waals surface area contributed by atoms with E-state index in [-0.39, 0.29) is 0 Å². The lowest BCUT2D eigenvalue weighted by atomic mass is 10.2. The summed E-state index contributed by atoms with van der Waals surface area (Å²) in [6.07, 6.45) is 0. The van der Waals surface area contributed by atoms with Gasteiger partial charge in [0.25, 0.3) is 0 Å². The van der Waals surface area contributed by atoms with E-state index in [1.54, 1.807) is 22.7 Å². The summed E-state index contributed by atoms with van der Waals surface area (Å²) in [5, 5.41) is 0. The monoisotopic (exact) mass is 380 g/mol. The van der Waals surface area contributed by atoms with Gasteiger partial charge >= 0.3 is 0 Å². The predicted molar refractivity (Wildman–Crippen MR) is 104 cm³/mol. The molecule has 0 radical (unpaired) electrons. The third kappa shape index (κ3) is 2.24. The van der Waals surface area contributed by atoms with Gasteiger partial charge in [-0.1, -0.05) is 60.7 Å². The molecule has 0 bridgehead atoms. The highest BCUT2D eigenvalue weighted by Gasteiger charge is 2.37. The van der Waals surface area contributed by atoms with Gasteiger partial charge in [-0.15, -0.1) is 22.7 Å². The maximum atomic E-state index is 13.0. The van der Waals surface area contributed by atoms with Crippen molar-refractivity contribution >= 4 is 32.5 Å². The van der Waals surface area contributed by atoms with E-state index in [9.17, 15) is 8.42 Å². The van der Waals surface area contributed by atoms with Gasteiger partial charge < -0.3 is 0 Å². The van der Waals surface area contributed by atoms with Crippen LogP contribution in [0.3, 0.4) is 0 Å². The van der Waals surface area contributed by atoms with Crippen molar-refractivity contribution in [2.75, 3.05) is 0 Å². The van der Waals surface area contributed by atoms with Crippen molar-refractivity contribution in [3.8, 4) is 30.6 Å². The van der Waals surface area contributed by atoms with E-state index in [1.165, 1.54) is 0 Å². The first-order chi connectivity index (χ1) is 12.1. The van der Waals surface area contributed by atoms with E-state index >= 15 is 0 Å². The molecule has 0 atom stereocenters. The second kappa shape index (κ2) is 5.39.